The molecule has 17 heavy (non-hydrogen) atoms. The van der Waals surface area contributed by atoms with E-state index >= 15 is 0 Å². The summed E-state index contributed by atoms with van der Waals surface area (Å²) in [4.78, 5) is 0. The zero-order valence-corrected chi connectivity index (χ0v) is 9.63. The standard InChI is InChI=1S/C14H15NO2/c1-2-3-7-10-16-14-11-13(15-17-14)12-8-5-4-6-9-12/h2,4-6,8-9,11H,1,3,7,10H2. The fourth-order valence-corrected chi connectivity index (χ4v) is 1.47. The van der Waals surface area contributed by atoms with E-state index in [1.807, 2.05) is 42.5 Å². The van der Waals surface area contributed by atoms with Crippen molar-refractivity contribution >= 4 is 0 Å². The van der Waals surface area contributed by atoms with Gasteiger partial charge >= 0.3 is 5.95 Å². The molecule has 0 fully saturated rings. The average molecular weight is 229 g/mol. The lowest BCUT2D eigenvalue weighted by Gasteiger charge is -1.98. The van der Waals surface area contributed by atoms with Crippen molar-refractivity contribution in [1.29, 1.82) is 0 Å². The Hall–Kier alpha value is -2.03. The minimum absolute atomic E-state index is 0.466. The number of aromatic nitrogens is 1. The van der Waals surface area contributed by atoms with Crippen LogP contribution in [0.4, 0.5) is 0 Å². The Morgan fingerprint density at radius 2 is 2.12 bits per heavy atom. The number of nitrogens with zero attached hydrogens (tertiary/aromatic N) is 1. The van der Waals surface area contributed by atoms with Crippen LogP contribution < -0.4 is 4.74 Å². The average Bonchev–Trinajstić information content (AvgIpc) is 2.85. The zero-order chi connectivity index (χ0) is 11.9. The van der Waals surface area contributed by atoms with Crippen LogP contribution in [0.15, 0.2) is 53.6 Å². The molecule has 0 aliphatic carbocycles. The third-order valence-electron chi connectivity index (χ3n) is 2.35. The summed E-state index contributed by atoms with van der Waals surface area (Å²) < 4.78 is 10.5. The van der Waals surface area contributed by atoms with Crippen molar-refractivity contribution in [3.05, 3.63) is 49.1 Å². The van der Waals surface area contributed by atoms with Crippen molar-refractivity contribution in [2.45, 2.75) is 12.8 Å². The number of unbranched alkanes of at least 4 members (excludes halogenated alkanes) is 1. The Kier molecular flexibility index (Phi) is 3.97. The first-order valence-electron chi connectivity index (χ1n) is 5.66. The molecular weight excluding hydrogens is 214 g/mol. The van der Waals surface area contributed by atoms with Crippen molar-refractivity contribution in [3.63, 3.8) is 0 Å². The number of benzene rings is 1. The lowest BCUT2D eigenvalue weighted by molar-refractivity contribution is 0.212. The zero-order valence-electron chi connectivity index (χ0n) is 9.63. The second kappa shape index (κ2) is 5.89. The number of hydrogen-bond donors (Lipinski definition) is 0. The van der Waals surface area contributed by atoms with Gasteiger partial charge in [-0.15, -0.1) is 6.58 Å². The molecule has 0 unspecified atom stereocenters. The maximum absolute atomic E-state index is 5.43. The van der Waals surface area contributed by atoms with E-state index in [9.17, 15) is 0 Å². The van der Waals surface area contributed by atoms with Gasteiger partial charge < -0.3 is 9.26 Å². The molecule has 0 spiro atoms. The monoisotopic (exact) mass is 229 g/mol. The highest BCUT2D eigenvalue weighted by molar-refractivity contribution is 5.58. The first-order chi connectivity index (χ1) is 8.40. The molecule has 0 aliphatic heterocycles. The van der Waals surface area contributed by atoms with Gasteiger partial charge in [0.1, 0.15) is 5.69 Å². The highest BCUT2D eigenvalue weighted by Gasteiger charge is 2.06. The van der Waals surface area contributed by atoms with Gasteiger partial charge in [-0.25, -0.2) is 0 Å². The molecule has 0 saturated heterocycles. The summed E-state index contributed by atoms with van der Waals surface area (Å²) in [5.74, 6) is 0.466. The molecule has 0 amide bonds. The van der Waals surface area contributed by atoms with Crippen molar-refractivity contribution < 1.29 is 9.26 Å². The normalized spacial score (nSPS) is 10.1. The summed E-state index contributed by atoms with van der Waals surface area (Å²) in [5.41, 5.74) is 1.82. The Bertz CT molecular complexity index is 462. The van der Waals surface area contributed by atoms with Crippen LogP contribution in [-0.2, 0) is 0 Å². The lowest BCUT2D eigenvalue weighted by Crippen LogP contribution is -1.94. The molecule has 0 bridgehead atoms. The Labute approximate surface area is 101 Å². The van der Waals surface area contributed by atoms with Crippen LogP contribution in [0.2, 0.25) is 0 Å². The molecule has 3 nitrogen and oxygen atoms in total. The number of hydrogen-bond acceptors (Lipinski definition) is 3. The molecule has 2 rings (SSSR count). The summed E-state index contributed by atoms with van der Waals surface area (Å²) in [6.07, 6.45) is 3.75. The largest absolute Gasteiger partial charge is 0.464 e. The summed E-state index contributed by atoms with van der Waals surface area (Å²) in [6, 6.07) is 11.7. The molecular formula is C14H15NO2. The summed E-state index contributed by atoms with van der Waals surface area (Å²) in [5, 5.41) is 3.97. The van der Waals surface area contributed by atoms with Gasteiger partial charge in [-0.05, 0) is 12.8 Å². The van der Waals surface area contributed by atoms with E-state index in [4.69, 9.17) is 9.26 Å². The van der Waals surface area contributed by atoms with Gasteiger partial charge in [0.15, 0.2) is 0 Å². The van der Waals surface area contributed by atoms with E-state index in [1.54, 1.807) is 0 Å². The van der Waals surface area contributed by atoms with Crippen LogP contribution in [0.3, 0.4) is 0 Å². The smallest absolute Gasteiger partial charge is 0.311 e. The Morgan fingerprint density at radius 3 is 2.88 bits per heavy atom. The second-order valence-corrected chi connectivity index (χ2v) is 3.68. The predicted octanol–water partition coefficient (Wildman–Crippen LogP) is 3.69. The molecule has 0 aliphatic rings. The SMILES string of the molecule is C=CCCCOc1cc(-c2ccccc2)no1. The van der Waals surface area contributed by atoms with E-state index in [1.165, 1.54) is 0 Å². The quantitative estimate of drug-likeness (QED) is 0.559. The molecule has 1 heterocycles. The van der Waals surface area contributed by atoms with Gasteiger partial charge in [0.25, 0.3) is 0 Å². The van der Waals surface area contributed by atoms with E-state index in [0.717, 1.165) is 24.1 Å². The van der Waals surface area contributed by atoms with E-state index in [0.29, 0.717) is 12.6 Å². The predicted molar refractivity (Wildman–Crippen MR) is 66.9 cm³/mol. The highest BCUT2D eigenvalue weighted by Crippen LogP contribution is 2.22. The minimum Gasteiger partial charge on any atom is -0.464 e. The molecule has 1 aromatic heterocycles. The van der Waals surface area contributed by atoms with Crippen LogP contribution in [0.5, 0.6) is 5.95 Å². The number of allylic oxidation sites excluding steroid dienone is 1. The maximum atomic E-state index is 5.43. The van der Waals surface area contributed by atoms with Crippen LogP contribution in [-0.4, -0.2) is 11.8 Å². The molecule has 2 aromatic rings. The van der Waals surface area contributed by atoms with Gasteiger partial charge in [0.05, 0.1) is 12.7 Å². The van der Waals surface area contributed by atoms with Gasteiger partial charge in [0, 0.05) is 5.56 Å². The highest BCUT2D eigenvalue weighted by atomic mass is 16.6. The lowest BCUT2D eigenvalue weighted by atomic mass is 10.2. The van der Waals surface area contributed by atoms with E-state index < -0.39 is 0 Å². The topological polar surface area (TPSA) is 35.3 Å². The Balaban J connectivity index is 1.94. The van der Waals surface area contributed by atoms with Crippen molar-refractivity contribution in [2.75, 3.05) is 6.61 Å². The maximum Gasteiger partial charge on any atom is 0.311 e. The molecule has 0 N–H and O–H groups in total. The second-order valence-electron chi connectivity index (χ2n) is 3.68. The first-order valence-corrected chi connectivity index (χ1v) is 5.66. The summed E-state index contributed by atoms with van der Waals surface area (Å²) in [6.45, 7) is 4.28. The fourth-order valence-electron chi connectivity index (χ4n) is 1.47. The van der Waals surface area contributed by atoms with Crippen LogP contribution in [0, 0.1) is 0 Å². The fraction of sp³-hybridized carbons (Fsp3) is 0.214. The van der Waals surface area contributed by atoms with Crippen LogP contribution in [0.1, 0.15) is 12.8 Å². The molecule has 1 aromatic carbocycles. The number of ether oxygens (including phenoxy) is 1. The van der Waals surface area contributed by atoms with Crippen molar-refractivity contribution in [3.8, 4) is 17.2 Å². The van der Waals surface area contributed by atoms with Crippen molar-refractivity contribution in [2.24, 2.45) is 0 Å². The molecule has 0 saturated carbocycles. The molecule has 0 atom stereocenters. The van der Waals surface area contributed by atoms with E-state index in [-0.39, 0.29) is 0 Å². The van der Waals surface area contributed by atoms with Gasteiger partial charge in [-0.1, -0.05) is 41.6 Å². The third-order valence-corrected chi connectivity index (χ3v) is 2.35. The third kappa shape index (κ3) is 3.21. The molecule has 3 heteroatoms. The Morgan fingerprint density at radius 1 is 1.29 bits per heavy atom. The summed E-state index contributed by atoms with van der Waals surface area (Å²) in [7, 11) is 0. The van der Waals surface area contributed by atoms with Crippen molar-refractivity contribution in [1.82, 2.24) is 5.16 Å². The number of rotatable bonds is 6. The van der Waals surface area contributed by atoms with Gasteiger partial charge in [0.2, 0.25) is 0 Å². The van der Waals surface area contributed by atoms with Gasteiger partial charge in [-0.3, -0.25) is 0 Å². The summed E-state index contributed by atoms with van der Waals surface area (Å²) >= 11 is 0. The van der Waals surface area contributed by atoms with Crippen LogP contribution >= 0.6 is 0 Å². The van der Waals surface area contributed by atoms with Gasteiger partial charge in [-0.2, -0.15) is 0 Å². The molecule has 88 valence electrons. The minimum atomic E-state index is 0.466. The molecule has 0 radical (unpaired) electrons. The first kappa shape index (κ1) is 11.5. The van der Waals surface area contributed by atoms with E-state index in [2.05, 4.69) is 11.7 Å². The van der Waals surface area contributed by atoms with Crippen LogP contribution in [0.25, 0.3) is 11.3 Å².